The van der Waals surface area contributed by atoms with Gasteiger partial charge in [-0.05, 0) is 30.7 Å². The second kappa shape index (κ2) is 9.33. The zero-order valence-corrected chi connectivity index (χ0v) is 17.1. The first-order valence-electron chi connectivity index (χ1n) is 9.21. The van der Waals surface area contributed by atoms with Crippen LogP contribution in [0.2, 0.25) is 0 Å². The van der Waals surface area contributed by atoms with Gasteiger partial charge in [-0.2, -0.15) is 18.2 Å². The molecule has 0 atom stereocenters. The van der Waals surface area contributed by atoms with E-state index in [9.17, 15) is 18.0 Å². The van der Waals surface area contributed by atoms with Gasteiger partial charge in [-0.1, -0.05) is 12.6 Å². The fourth-order valence-corrected chi connectivity index (χ4v) is 2.63. The molecule has 0 bridgehead atoms. The molecule has 2 heterocycles. The highest BCUT2D eigenvalue weighted by atomic mass is 19.4. The molecular formula is C21H19F3N6O2. The molecule has 1 amide bonds. The number of halogens is 3. The lowest BCUT2D eigenvalue weighted by molar-refractivity contribution is -0.137. The highest BCUT2D eigenvalue weighted by Gasteiger charge is 2.35. The van der Waals surface area contributed by atoms with Gasteiger partial charge in [0.05, 0.1) is 25.2 Å². The molecule has 166 valence electrons. The summed E-state index contributed by atoms with van der Waals surface area (Å²) in [6.45, 7) is 5.13. The van der Waals surface area contributed by atoms with Crippen LogP contribution in [0.25, 0.3) is 0 Å². The molecule has 3 rings (SSSR count). The van der Waals surface area contributed by atoms with Gasteiger partial charge in [0.1, 0.15) is 17.1 Å². The van der Waals surface area contributed by atoms with Crippen LogP contribution in [0.4, 0.5) is 42.0 Å². The molecule has 0 unspecified atom stereocenters. The second-order valence-corrected chi connectivity index (χ2v) is 6.54. The number of aromatic nitrogens is 3. The first-order valence-corrected chi connectivity index (χ1v) is 9.21. The van der Waals surface area contributed by atoms with E-state index in [0.29, 0.717) is 23.3 Å². The summed E-state index contributed by atoms with van der Waals surface area (Å²) in [7, 11) is 1.46. The molecule has 1 aromatic carbocycles. The Morgan fingerprint density at radius 2 is 1.91 bits per heavy atom. The summed E-state index contributed by atoms with van der Waals surface area (Å²) in [5.74, 6) is -0.533. The molecule has 2 aromatic heterocycles. The number of hydrogen-bond acceptors (Lipinski definition) is 7. The van der Waals surface area contributed by atoms with E-state index in [1.165, 1.54) is 25.6 Å². The highest BCUT2D eigenvalue weighted by molar-refractivity contribution is 5.99. The summed E-state index contributed by atoms with van der Waals surface area (Å²) < 4.78 is 45.7. The summed E-state index contributed by atoms with van der Waals surface area (Å²) in [4.78, 5) is 23.3. The van der Waals surface area contributed by atoms with Gasteiger partial charge >= 0.3 is 6.18 Å². The molecule has 3 N–H and O–H groups in total. The Morgan fingerprint density at radius 1 is 1.12 bits per heavy atom. The van der Waals surface area contributed by atoms with Crippen molar-refractivity contribution in [2.45, 2.75) is 13.1 Å². The minimum absolute atomic E-state index is 0.0807. The van der Waals surface area contributed by atoms with Crippen LogP contribution < -0.4 is 20.7 Å². The Hall–Kier alpha value is -4.15. The summed E-state index contributed by atoms with van der Waals surface area (Å²) in [6, 6.07) is 6.31. The molecule has 0 aliphatic heterocycles. The Morgan fingerprint density at radius 3 is 2.59 bits per heavy atom. The Labute approximate surface area is 181 Å². The number of methoxy groups -OCH3 is 1. The normalized spacial score (nSPS) is 10.9. The molecular weight excluding hydrogens is 425 g/mol. The van der Waals surface area contributed by atoms with Crippen molar-refractivity contribution in [2.24, 2.45) is 0 Å². The third kappa shape index (κ3) is 5.50. The largest absolute Gasteiger partial charge is 0.495 e. The SMILES string of the molecule is C=CC(=O)Nc1cc(Nc2nc(Nc3cncc(OC)c3)ncc2C(F)(F)F)ccc1C. The van der Waals surface area contributed by atoms with Crippen LogP contribution in [-0.2, 0) is 11.0 Å². The molecule has 8 nitrogen and oxygen atoms in total. The Bertz CT molecular complexity index is 1150. The van der Waals surface area contributed by atoms with Gasteiger partial charge in [-0.3, -0.25) is 9.78 Å². The maximum absolute atomic E-state index is 13.5. The average Bonchev–Trinajstić information content (AvgIpc) is 2.75. The number of hydrogen-bond donors (Lipinski definition) is 3. The number of aryl methyl sites for hydroxylation is 1. The van der Waals surface area contributed by atoms with Crippen molar-refractivity contribution < 1.29 is 22.7 Å². The van der Waals surface area contributed by atoms with E-state index < -0.39 is 23.5 Å². The van der Waals surface area contributed by atoms with Crippen LogP contribution in [0.1, 0.15) is 11.1 Å². The maximum atomic E-state index is 13.5. The Balaban J connectivity index is 1.95. The number of nitrogens with zero attached hydrogens (tertiary/aromatic N) is 3. The molecule has 0 aliphatic carbocycles. The molecule has 11 heteroatoms. The Kier molecular flexibility index (Phi) is 6.57. The van der Waals surface area contributed by atoms with Crippen molar-refractivity contribution in [2.75, 3.05) is 23.1 Å². The minimum atomic E-state index is -4.69. The zero-order valence-electron chi connectivity index (χ0n) is 17.1. The standard InChI is InChI=1S/C21H19F3N6O2/c1-4-18(31)29-17-8-13(6-5-12(17)2)27-19-16(21(22,23)24)11-26-20(30-19)28-14-7-15(32-3)10-25-9-14/h4-11H,1H2,2-3H3,(H,29,31)(H2,26,27,28,30). The predicted octanol–water partition coefficient (Wildman–Crippen LogP) is 4.82. The van der Waals surface area contributed by atoms with Gasteiger partial charge in [-0.25, -0.2) is 4.98 Å². The van der Waals surface area contributed by atoms with Crippen molar-refractivity contribution in [3.05, 3.63) is 66.6 Å². The number of rotatable bonds is 7. The number of pyridine rings is 1. The average molecular weight is 444 g/mol. The molecule has 0 aliphatic rings. The van der Waals surface area contributed by atoms with Gasteiger partial charge in [0.2, 0.25) is 11.9 Å². The van der Waals surface area contributed by atoms with Gasteiger partial charge in [0.15, 0.2) is 0 Å². The summed E-state index contributed by atoms with van der Waals surface area (Å²) in [5.41, 5.74) is 0.803. The second-order valence-electron chi connectivity index (χ2n) is 6.54. The lowest BCUT2D eigenvalue weighted by Gasteiger charge is -2.16. The summed E-state index contributed by atoms with van der Waals surface area (Å²) in [5, 5.41) is 8.06. The number of amides is 1. The van der Waals surface area contributed by atoms with Crippen LogP contribution in [0.3, 0.4) is 0 Å². The van der Waals surface area contributed by atoms with Crippen molar-refractivity contribution in [3.8, 4) is 5.75 Å². The molecule has 0 spiro atoms. The topological polar surface area (TPSA) is 101 Å². The van der Waals surface area contributed by atoms with E-state index >= 15 is 0 Å². The lowest BCUT2D eigenvalue weighted by atomic mass is 10.1. The predicted molar refractivity (Wildman–Crippen MR) is 114 cm³/mol. The van der Waals surface area contributed by atoms with Gasteiger partial charge in [0.25, 0.3) is 0 Å². The van der Waals surface area contributed by atoms with Gasteiger partial charge in [0, 0.05) is 23.6 Å². The van der Waals surface area contributed by atoms with E-state index in [4.69, 9.17) is 4.74 Å². The quantitative estimate of drug-likeness (QED) is 0.449. The number of benzene rings is 1. The van der Waals surface area contributed by atoms with E-state index in [0.717, 1.165) is 11.6 Å². The van der Waals surface area contributed by atoms with E-state index in [2.05, 4.69) is 37.5 Å². The van der Waals surface area contributed by atoms with Crippen molar-refractivity contribution in [3.63, 3.8) is 0 Å². The van der Waals surface area contributed by atoms with Crippen LogP contribution in [0, 0.1) is 6.92 Å². The highest BCUT2D eigenvalue weighted by Crippen LogP contribution is 2.36. The van der Waals surface area contributed by atoms with E-state index in [1.54, 1.807) is 25.1 Å². The number of ether oxygens (including phenoxy) is 1. The van der Waals surface area contributed by atoms with Crippen molar-refractivity contribution in [1.29, 1.82) is 0 Å². The van der Waals surface area contributed by atoms with Crippen LogP contribution in [0.5, 0.6) is 5.75 Å². The van der Waals surface area contributed by atoms with Crippen molar-refractivity contribution >= 4 is 34.7 Å². The van der Waals surface area contributed by atoms with E-state index in [1.807, 2.05) is 0 Å². The number of alkyl halides is 3. The third-order valence-electron chi connectivity index (χ3n) is 4.24. The van der Waals surface area contributed by atoms with Crippen LogP contribution in [0.15, 0.2) is 55.5 Å². The summed E-state index contributed by atoms with van der Waals surface area (Å²) in [6.07, 6.45) is 0.0109. The van der Waals surface area contributed by atoms with E-state index in [-0.39, 0.29) is 11.6 Å². The first-order chi connectivity index (χ1) is 15.2. The van der Waals surface area contributed by atoms with Gasteiger partial charge < -0.3 is 20.7 Å². The third-order valence-corrected chi connectivity index (χ3v) is 4.24. The maximum Gasteiger partial charge on any atom is 0.421 e. The molecule has 0 radical (unpaired) electrons. The number of carbonyl (C=O) groups is 1. The number of nitrogens with one attached hydrogen (secondary N) is 3. The lowest BCUT2D eigenvalue weighted by Crippen LogP contribution is -2.13. The fraction of sp³-hybridized carbons (Fsp3) is 0.143. The van der Waals surface area contributed by atoms with Crippen LogP contribution >= 0.6 is 0 Å². The molecule has 3 aromatic rings. The monoisotopic (exact) mass is 444 g/mol. The smallest absolute Gasteiger partial charge is 0.421 e. The fourth-order valence-electron chi connectivity index (χ4n) is 2.63. The van der Waals surface area contributed by atoms with Crippen LogP contribution in [-0.4, -0.2) is 28.0 Å². The molecule has 0 saturated carbocycles. The van der Waals surface area contributed by atoms with Gasteiger partial charge in [-0.15, -0.1) is 0 Å². The molecule has 0 fully saturated rings. The minimum Gasteiger partial charge on any atom is -0.495 e. The zero-order chi connectivity index (χ0) is 23.3. The number of carbonyl (C=O) groups excluding carboxylic acids is 1. The van der Waals surface area contributed by atoms with Crippen molar-refractivity contribution in [1.82, 2.24) is 15.0 Å². The summed E-state index contributed by atoms with van der Waals surface area (Å²) >= 11 is 0. The number of anilines is 5. The molecule has 0 saturated heterocycles. The first kappa shape index (κ1) is 22.5. The molecule has 32 heavy (non-hydrogen) atoms.